The van der Waals surface area contributed by atoms with Gasteiger partial charge in [-0.1, -0.05) is 0 Å². The molecule has 1 rings (SSSR count). The summed E-state index contributed by atoms with van der Waals surface area (Å²) in [5, 5.41) is 3.40. The van der Waals surface area contributed by atoms with Crippen molar-refractivity contribution in [1.82, 2.24) is 10.2 Å². The van der Waals surface area contributed by atoms with Crippen LogP contribution >= 0.6 is 0 Å². The maximum absolute atomic E-state index is 12.1. The number of unbranched alkanes of at least 4 members (excludes halogenated alkanes) is 1. The van der Waals surface area contributed by atoms with Crippen molar-refractivity contribution in [3.8, 4) is 0 Å². The van der Waals surface area contributed by atoms with Gasteiger partial charge in [-0.2, -0.15) is 0 Å². The van der Waals surface area contributed by atoms with Gasteiger partial charge < -0.3 is 20.7 Å². The number of hydrogen-bond donors (Lipinski definition) is 2. The van der Waals surface area contributed by atoms with E-state index in [0.29, 0.717) is 0 Å². The Morgan fingerprint density at radius 1 is 1.42 bits per heavy atom. The highest BCUT2D eigenvalue weighted by Crippen LogP contribution is 2.20. The number of likely N-dealkylation sites (tertiary alicyclic amines) is 1. The fraction of sp³-hybridized carbons (Fsp3) is 0.929. The van der Waals surface area contributed by atoms with Crippen molar-refractivity contribution in [1.29, 1.82) is 0 Å². The first-order valence-electron chi connectivity index (χ1n) is 7.34. The molecule has 0 spiro atoms. The maximum atomic E-state index is 12.1. The molecule has 3 N–H and O–H groups in total. The molecule has 0 saturated carbocycles. The number of nitrogens with one attached hydrogen (secondary N) is 1. The van der Waals surface area contributed by atoms with E-state index < -0.39 is 5.60 Å². The number of rotatable bonds is 6. The summed E-state index contributed by atoms with van der Waals surface area (Å²) in [6.07, 6.45) is 4.08. The van der Waals surface area contributed by atoms with Crippen molar-refractivity contribution >= 4 is 6.09 Å². The minimum absolute atomic E-state index is 0.182. The molecule has 0 aromatic heterocycles. The van der Waals surface area contributed by atoms with Gasteiger partial charge in [0.15, 0.2) is 0 Å². The highest BCUT2D eigenvalue weighted by Gasteiger charge is 2.31. The molecule has 19 heavy (non-hydrogen) atoms. The lowest BCUT2D eigenvalue weighted by Crippen LogP contribution is -2.44. The second-order valence-corrected chi connectivity index (χ2v) is 6.17. The molecule has 1 atom stereocenters. The quantitative estimate of drug-likeness (QED) is 0.722. The molecular weight excluding hydrogens is 242 g/mol. The number of carbonyl (C=O) groups excluding carboxylic acids is 1. The predicted molar refractivity (Wildman–Crippen MR) is 77.1 cm³/mol. The van der Waals surface area contributed by atoms with Crippen LogP contribution in [0, 0.1) is 0 Å². The van der Waals surface area contributed by atoms with E-state index in [9.17, 15) is 4.79 Å². The number of hydrogen-bond acceptors (Lipinski definition) is 4. The third-order valence-corrected chi connectivity index (χ3v) is 3.19. The minimum Gasteiger partial charge on any atom is -0.444 e. The van der Waals surface area contributed by atoms with E-state index in [2.05, 4.69) is 5.32 Å². The van der Waals surface area contributed by atoms with Gasteiger partial charge in [0.25, 0.3) is 0 Å². The Bertz CT molecular complexity index is 276. The van der Waals surface area contributed by atoms with Crippen LogP contribution in [0.15, 0.2) is 0 Å². The van der Waals surface area contributed by atoms with E-state index in [-0.39, 0.29) is 12.1 Å². The van der Waals surface area contributed by atoms with E-state index in [0.717, 1.165) is 51.9 Å². The number of ether oxygens (including phenoxy) is 1. The monoisotopic (exact) mass is 271 g/mol. The summed E-state index contributed by atoms with van der Waals surface area (Å²) in [7, 11) is 0. The molecule has 1 heterocycles. The van der Waals surface area contributed by atoms with E-state index in [4.69, 9.17) is 10.5 Å². The van der Waals surface area contributed by atoms with Crippen LogP contribution in [-0.4, -0.2) is 48.8 Å². The Balaban J connectivity index is 2.31. The second-order valence-electron chi connectivity index (χ2n) is 6.17. The van der Waals surface area contributed by atoms with Crippen molar-refractivity contribution in [2.24, 2.45) is 5.73 Å². The van der Waals surface area contributed by atoms with Gasteiger partial charge in [0.05, 0.1) is 0 Å². The maximum Gasteiger partial charge on any atom is 0.410 e. The standard InChI is InChI=1S/C14H29N3O2/c1-14(2,3)19-13(18)17-10-6-7-12(17)11-16-9-5-4-8-15/h12,16H,4-11,15H2,1-3H3/t12-/m1/s1. The van der Waals surface area contributed by atoms with Crippen molar-refractivity contribution in [3.05, 3.63) is 0 Å². The molecule has 0 unspecified atom stereocenters. The largest absolute Gasteiger partial charge is 0.444 e. The Morgan fingerprint density at radius 2 is 2.16 bits per heavy atom. The van der Waals surface area contributed by atoms with E-state index in [1.54, 1.807) is 0 Å². The average molecular weight is 271 g/mol. The first kappa shape index (κ1) is 16.2. The smallest absolute Gasteiger partial charge is 0.410 e. The Morgan fingerprint density at radius 3 is 2.79 bits per heavy atom. The summed E-state index contributed by atoms with van der Waals surface area (Å²) in [5.41, 5.74) is 5.04. The van der Waals surface area contributed by atoms with Gasteiger partial charge in [0.2, 0.25) is 0 Å². The van der Waals surface area contributed by atoms with Crippen LogP contribution in [0.3, 0.4) is 0 Å². The highest BCUT2D eigenvalue weighted by molar-refractivity contribution is 5.69. The van der Waals surface area contributed by atoms with Crippen molar-refractivity contribution in [3.63, 3.8) is 0 Å². The molecule has 1 saturated heterocycles. The van der Waals surface area contributed by atoms with Crippen molar-refractivity contribution in [2.45, 2.75) is 58.1 Å². The fourth-order valence-corrected chi connectivity index (χ4v) is 2.27. The van der Waals surface area contributed by atoms with Gasteiger partial charge in [-0.15, -0.1) is 0 Å². The van der Waals surface area contributed by atoms with Gasteiger partial charge in [-0.05, 0) is 59.5 Å². The molecule has 1 aliphatic heterocycles. The molecule has 0 bridgehead atoms. The summed E-state index contributed by atoms with van der Waals surface area (Å²) in [5.74, 6) is 0. The number of nitrogens with two attached hydrogens (primary N) is 1. The van der Waals surface area contributed by atoms with E-state index >= 15 is 0 Å². The Kier molecular flexibility index (Phi) is 6.58. The Hall–Kier alpha value is -0.810. The van der Waals surface area contributed by atoms with Crippen LogP contribution in [0.4, 0.5) is 4.79 Å². The zero-order chi connectivity index (χ0) is 14.3. The van der Waals surface area contributed by atoms with Crippen LogP contribution in [0.1, 0.15) is 46.5 Å². The molecule has 5 heteroatoms. The van der Waals surface area contributed by atoms with Crippen LogP contribution in [-0.2, 0) is 4.74 Å². The average Bonchev–Trinajstić information content (AvgIpc) is 2.75. The molecule has 0 radical (unpaired) electrons. The zero-order valence-corrected chi connectivity index (χ0v) is 12.6. The number of amides is 1. The first-order chi connectivity index (χ1) is 8.94. The molecule has 0 aromatic carbocycles. The molecule has 5 nitrogen and oxygen atoms in total. The lowest BCUT2D eigenvalue weighted by molar-refractivity contribution is 0.0226. The normalized spacial score (nSPS) is 19.8. The SMILES string of the molecule is CC(C)(C)OC(=O)N1CCC[C@@H]1CNCCCCN. The summed E-state index contributed by atoms with van der Waals surface area (Å²) < 4.78 is 5.44. The molecule has 112 valence electrons. The van der Waals surface area contributed by atoms with Gasteiger partial charge in [0.1, 0.15) is 5.60 Å². The predicted octanol–water partition coefficient (Wildman–Crippen LogP) is 1.71. The zero-order valence-electron chi connectivity index (χ0n) is 12.6. The van der Waals surface area contributed by atoms with Crippen LogP contribution in [0.2, 0.25) is 0 Å². The van der Waals surface area contributed by atoms with Crippen molar-refractivity contribution < 1.29 is 9.53 Å². The van der Waals surface area contributed by atoms with Gasteiger partial charge in [0, 0.05) is 19.1 Å². The molecule has 1 aliphatic rings. The molecule has 0 aromatic rings. The van der Waals surface area contributed by atoms with Crippen LogP contribution in [0.5, 0.6) is 0 Å². The van der Waals surface area contributed by atoms with Gasteiger partial charge in [-0.25, -0.2) is 4.79 Å². The third-order valence-electron chi connectivity index (χ3n) is 3.19. The van der Waals surface area contributed by atoms with Crippen molar-refractivity contribution in [2.75, 3.05) is 26.2 Å². The number of carbonyl (C=O) groups is 1. The topological polar surface area (TPSA) is 67.6 Å². The number of nitrogens with zero attached hydrogens (tertiary/aromatic N) is 1. The van der Waals surface area contributed by atoms with E-state index in [1.807, 2.05) is 25.7 Å². The minimum atomic E-state index is -0.418. The summed E-state index contributed by atoms with van der Waals surface area (Å²) in [6, 6.07) is 0.271. The van der Waals surface area contributed by atoms with Gasteiger partial charge in [-0.3, -0.25) is 0 Å². The van der Waals surface area contributed by atoms with E-state index in [1.165, 1.54) is 0 Å². The van der Waals surface area contributed by atoms with Crippen LogP contribution in [0.25, 0.3) is 0 Å². The van der Waals surface area contributed by atoms with Gasteiger partial charge >= 0.3 is 6.09 Å². The van der Waals surface area contributed by atoms with Crippen LogP contribution < -0.4 is 11.1 Å². The molecule has 0 aliphatic carbocycles. The third kappa shape index (κ3) is 6.25. The fourth-order valence-electron chi connectivity index (χ4n) is 2.27. The highest BCUT2D eigenvalue weighted by atomic mass is 16.6. The summed E-state index contributed by atoms with van der Waals surface area (Å²) >= 11 is 0. The second kappa shape index (κ2) is 7.70. The lowest BCUT2D eigenvalue weighted by atomic mass is 10.2. The molecule has 1 amide bonds. The molecule has 1 fully saturated rings. The lowest BCUT2D eigenvalue weighted by Gasteiger charge is -2.28. The Labute approximate surface area is 116 Å². The first-order valence-corrected chi connectivity index (χ1v) is 7.34. The summed E-state index contributed by atoms with van der Waals surface area (Å²) in [4.78, 5) is 13.9. The summed E-state index contributed by atoms with van der Waals surface area (Å²) in [6.45, 7) is 9.09. The molecular formula is C14H29N3O2.